The molecule has 2 saturated carbocycles. The molecule has 2 fully saturated rings. The summed E-state index contributed by atoms with van der Waals surface area (Å²) in [5.41, 5.74) is 1.09. The lowest BCUT2D eigenvalue weighted by Crippen LogP contribution is -2.46. The number of aliphatic hydroxyl groups is 1. The van der Waals surface area contributed by atoms with Gasteiger partial charge in [0.2, 0.25) is 0 Å². The van der Waals surface area contributed by atoms with E-state index in [-0.39, 0.29) is 11.5 Å². The van der Waals surface area contributed by atoms with E-state index < -0.39 is 0 Å². The zero-order valence-corrected chi connectivity index (χ0v) is 14.0. The first-order valence-corrected chi connectivity index (χ1v) is 9.01. The van der Waals surface area contributed by atoms with Crippen molar-refractivity contribution in [2.24, 2.45) is 5.92 Å². The van der Waals surface area contributed by atoms with Gasteiger partial charge in [0.25, 0.3) is 0 Å². The Bertz CT molecular complexity index is 490. The Labute approximate surface area is 137 Å². The van der Waals surface area contributed by atoms with Crippen LogP contribution in [0.15, 0.2) is 18.2 Å². The topological polar surface area (TPSA) is 20.2 Å². The van der Waals surface area contributed by atoms with Crippen molar-refractivity contribution in [3.8, 4) is 0 Å². The summed E-state index contributed by atoms with van der Waals surface area (Å²) >= 11 is 12.2. The van der Waals surface area contributed by atoms with Crippen molar-refractivity contribution in [2.75, 3.05) is 0 Å². The summed E-state index contributed by atoms with van der Waals surface area (Å²) < 4.78 is 0. The van der Waals surface area contributed by atoms with Gasteiger partial charge in [-0.2, -0.15) is 0 Å². The van der Waals surface area contributed by atoms with Crippen LogP contribution < -0.4 is 0 Å². The molecule has 2 aliphatic carbocycles. The average molecular weight is 327 g/mol. The lowest BCUT2D eigenvalue weighted by atomic mass is 9.59. The lowest BCUT2D eigenvalue weighted by Gasteiger charge is -2.47. The Morgan fingerprint density at radius 3 is 2.33 bits per heavy atom. The van der Waals surface area contributed by atoms with Crippen LogP contribution in [0.1, 0.15) is 63.4 Å². The first-order chi connectivity index (χ1) is 10.1. The molecule has 0 unspecified atom stereocenters. The molecule has 1 aromatic rings. The Kier molecular flexibility index (Phi) is 4.83. The SMILES string of the molecule is O[C@H](CC1CCCCC1)C1(c2ccc(Cl)c(Cl)c2)CCC1. The Morgan fingerprint density at radius 2 is 1.76 bits per heavy atom. The van der Waals surface area contributed by atoms with E-state index in [1.807, 2.05) is 12.1 Å². The molecule has 2 aliphatic rings. The minimum atomic E-state index is -0.244. The highest BCUT2D eigenvalue weighted by Gasteiger charge is 2.45. The van der Waals surface area contributed by atoms with Crippen LogP contribution >= 0.6 is 23.2 Å². The van der Waals surface area contributed by atoms with Gasteiger partial charge in [-0.05, 0) is 42.9 Å². The molecule has 1 aromatic carbocycles. The fourth-order valence-corrected chi connectivity index (χ4v) is 4.44. The normalized spacial score (nSPS) is 23.6. The van der Waals surface area contributed by atoms with Crippen LogP contribution in [-0.2, 0) is 5.41 Å². The molecule has 0 aromatic heterocycles. The summed E-state index contributed by atoms with van der Waals surface area (Å²) in [6.45, 7) is 0. The third-order valence-electron chi connectivity index (χ3n) is 5.66. The molecule has 0 saturated heterocycles. The van der Waals surface area contributed by atoms with E-state index in [1.54, 1.807) is 0 Å². The quantitative estimate of drug-likeness (QED) is 0.747. The monoisotopic (exact) mass is 326 g/mol. The molecule has 0 radical (unpaired) electrons. The molecular weight excluding hydrogens is 303 g/mol. The van der Waals surface area contributed by atoms with E-state index in [4.69, 9.17) is 23.2 Å². The highest BCUT2D eigenvalue weighted by Crippen LogP contribution is 2.49. The molecule has 1 nitrogen and oxygen atoms in total. The van der Waals surface area contributed by atoms with Gasteiger partial charge in [-0.25, -0.2) is 0 Å². The zero-order chi connectivity index (χ0) is 14.9. The van der Waals surface area contributed by atoms with Crippen LogP contribution in [0, 0.1) is 5.92 Å². The number of rotatable bonds is 4. The van der Waals surface area contributed by atoms with Crippen molar-refractivity contribution in [1.82, 2.24) is 0 Å². The van der Waals surface area contributed by atoms with Gasteiger partial charge < -0.3 is 5.11 Å². The summed E-state index contributed by atoms with van der Waals surface area (Å²) in [7, 11) is 0. The first-order valence-electron chi connectivity index (χ1n) is 8.25. The highest BCUT2D eigenvalue weighted by atomic mass is 35.5. The van der Waals surface area contributed by atoms with Crippen molar-refractivity contribution >= 4 is 23.2 Å². The van der Waals surface area contributed by atoms with Crippen LogP contribution in [0.25, 0.3) is 0 Å². The van der Waals surface area contributed by atoms with Gasteiger partial charge in [0.05, 0.1) is 16.1 Å². The van der Waals surface area contributed by atoms with Crippen molar-refractivity contribution in [3.05, 3.63) is 33.8 Å². The van der Waals surface area contributed by atoms with Gasteiger partial charge in [0, 0.05) is 5.41 Å². The van der Waals surface area contributed by atoms with Gasteiger partial charge in [-0.1, -0.05) is 67.8 Å². The summed E-state index contributed by atoms with van der Waals surface area (Å²) in [5, 5.41) is 12.1. The Morgan fingerprint density at radius 1 is 1.05 bits per heavy atom. The number of aliphatic hydroxyl groups excluding tert-OH is 1. The number of hydrogen-bond acceptors (Lipinski definition) is 1. The van der Waals surface area contributed by atoms with Gasteiger partial charge in [-0.3, -0.25) is 0 Å². The molecule has 1 N–H and O–H groups in total. The van der Waals surface area contributed by atoms with Gasteiger partial charge in [0.1, 0.15) is 0 Å². The maximum Gasteiger partial charge on any atom is 0.0639 e. The van der Waals surface area contributed by atoms with Crippen molar-refractivity contribution in [3.63, 3.8) is 0 Å². The second-order valence-electron chi connectivity index (χ2n) is 6.89. The molecule has 0 bridgehead atoms. The Balaban J connectivity index is 1.76. The predicted molar refractivity (Wildman–Crippen MR) is 89.2 cm³/mol. The third-order valence-corrected chi connectivity index (χ3v) is 6.40. The standard InChI is InChI=1S/C18H24Cl2O/c19-15-8-7-14(12-16(15)20)18(9-4-10-18)17(21)11-13-5-2-1-3-6-13/h7-8,12-13,17,21H,1-6,9-11H2/t17-/m1/s1. The van der Waals surface area contributed by atoms with E-state index in [9.17, 15) is 5.11 Å². The molecule has 3 rings (SSSR count). The molecule has 0 amide bonds. The lowest BCUT2D eigenvalue weighted by molar-refractivity contribution is 0.00705. The molecule has 116 valence electrons. The van der Waals surface area contributed by atoms with Gasteiger partial charge in [0.15, 0.2) is 0 Å². The second-order valence-corrected chi connectivity index (χ2v) is 7.71. The molecule has 0 heterocycles. The van der Waals surface area contributed by atoms with Crippen LogP contribution in [0.3, 0.4) is 0 Å². The molecule has 3 heteroatoms. The van der Waals surface area contributed by atoms with E-state index in [0.717, 1.165) is 19.3 Å². The number of hydrogen-bond donors (Lipinski definition) is 1. The maximum absolute atomic E-state index is 10.9. The molecular formula is C18H24Cl2O. The van der Waals surface area contributed by atoms with Crippen molar-refractivity contribution in [1.29, 1.82) is 0 Å². The van der Waals surface area contributed by atoms with Crippen molar-refractivity contribution in [2.45, 2.75) is 69.3 Å². The number of halogens is 2. The summed E-state index contributed by atoms with van der Waals surface area (Å²) in [6, 6.07) is 5.89. The third kappa shape index (κ3) is 3.11. The van der Waals surface area contributed by atoms with E-state index in [1.165, 1.54) is 44.1 Å². The summed E-state index contributed by atoms with van der Waals surface area (Å²) in [5.74, 6) is 0.703. The smallest absolute Gasteiger partial charge is 0.0639 e. The van der Waals surface area contributed by atoms with Crippen molar-refractivity contribution < 1.29 is 5.11 Å². The summed E-state index contributed by atoms with van der Waals surface area (Å²) in [4.78, 5) is 0. The predicted octanol–water partition coefficient (Wildman–Crippen LogP) is 5.75. The fraction of sp³-hybridized carbons (Fsp3) is 0.667. The highest BCUT2D eigenvalue weighted by molar-refractivity contribution is 6.42. The molecule has 1 atom stereocenters. The average Bonchev–Trinajstić information content (AvgIpc) is 2.42. The van der Waals surface area contributed by atoms with Gasteiger partial charge in [-0.15, -0.1) is 0 Å². The van der Waals surface area contributed by atoms with Crippen LogP contribution in [0.2, 0.25) is 10.0 Å². The number of benzene rings is 1. The van der Waals surface area contributed by atoms with Crippen LogP contribution in [0.4, 0.5) is 0 Å². The molecule has 0 aliphatic heterocycles. The zero-order valence-electron chi connectivity index (χ0n) is 12.5. The first kappa shape index (κ1) is 15.6. The van der Waals surface area contributed by atoms with E-state index in [0.29, 0.717) is 16.0 Å². The second kappa shape index (κ2) is 6.48. The minimum Gasteiger partial charge on any atom is -0.392 e. The molecule has 0 spiro atoms. The van der Waals surface area contributed by atoms with Crippen LogP contribution in [0.5, 0.6) is 0 Å². The maximum atomic E-state index is 10.9. The minimum absolute atomic E-state index is 0.0777. The van der Waals surface area contributed by atoms with E-state index in [2.05, 4.69) is 6.07 Å². The fourth-order valence-electron chi connectivity index (χ4n) is 4.14. The van der Waals surface area contributed by atoms with Gasteiger partial charge >= 0.3 is 0 Å². The van der Waals surface area contributed by atoms with Crippen LogP contribution in [-0.4, -0.2) is 11.2 Å². The molecule has 21 heavy (non-hydrogen) atoms. The summed E-state index contributed by atoms with van der Waals surface area (Å²) in [6.07, 6.45) is 10.6. The Hall–Kier alpha value is -0.240. The largest absolute Gasteiger partial charge is 0.392 e. The van der Waals surface area contributed by atoms with E-state index >= 15 is 0 Å².